The second-order valence-electron chi connectivity index (χ2n) is 4.28. The van der Waals surface area contributed by atoms with Crippen LogP contribution in [0, 0.1) is 5.92 Å². The highest BCUT2D eigenvalue weighted by atomic mass is 16.5. The van der Waals surface area contributed by atoms with Gasteiger partial charge in [-0.15, -0.1) is 0 Å². The summed E-state index contributed by atoms with van der Waals surface area (Å²) < 4.78 is 4.61. The van der Waals surface area contributed by atoms with Crippen LogP contribution >= 0.6 is 0 Å². The first-order chi connectivity index (χ1) is 7.99. The Labute approximate surface area is 100 Å². The van der Waals surface area contributed by atoms with E-state index in [4.69, 9.17) is 0 Å². The van der Waals surface area contributed by atoms with Gasteiger partial charge in [-0.1, -0.05) is 20.8 Å². The summed E-state index contributed by atoms with van der Waals surface area (Å²) in [6, 6.07) is 0. The Balaban J connectivity index is 3.24. The third kappa shape index (κ3) is 3.15. The van der Waals surface area contributed by atoms with Crippen LogP contribution in [0.2, 0.25) is 0 Å². The number of aryl methyl sites for hydroxylation is 1. The summed E-state index contributed by atoms with van der Waals surface area (Å²) in [5, 5.41) is 0. The van der Waals surface area contributed by atoms with Crippen molar-refractivity contribution in [1.29, 1.82) is 0 Å². The van der Waals surface area contributed by atoms with E-state index in [1.807, 2.05) is 20.8 Å². The molecule has 0 atom stereocenters. The molecule has 0 bridgehead atoms. The Morgan fingerprint density at radius 1 is 1.41 bits per heavy atom. The van der Waals surface area contributed by atoms with Crippen molar-refractivity contribution >= 4 is 5.97 Å². The van der Waals surface area contributed by atoms with Crippen LogP contribution in [0.3, 0.4) is 0 Å². The van der Waals surface area contributed by atoms with Crippen LogP contribution in [0.15, 0.2) is 4.79 Å². The fourth-order valence-electron chi connectivity index (χ4n) is 1.58. The van der Waals surface area contributed by atoms with E-state index < -0.39 is 5.97 Å². The summed E-state index contributed by atoms with van der Waals surface area (Å²) in [4.78, 5) is 30.0. The van der Waals surface area contributed by atoms with Crippen molar-refractivity contribution in [3.05, 3.63) is 27.4 Å². The van der Waals surface area contributed by atoms with Crippen molar-refractivity contribution in [2.24, 2.45) is 5.92 Å². The van der Waals surface area contributed by atoms with Crippen molar-refractivity contribution in [2.45, 2.75) is 33.6 Å². The largest absolute Gasteiger partial charge is 0.464 e. The maximum absolute atomic E-state index is 11.7. The number of hydrogen-bond donors (Lipinski definition) is 1. The van der Waals surface area contributed by atoms with Crippen LogP contribution in [0.4, 0.5) is 0 Å². The Morgan fingerprint density at radius 3 is 2.53 bits per heavy atom. The molecule has 0 aliphatic heterocycles. The van der Waals surface area contributed by atoms with Gasteiger partial charge < -0.3 is 9.72 Å². The number of nitrogens with zero attached hydrogens (tertiary/aromatic N) is 1. The molecule has 0 aliphatic rings. The molecule has 17 heavy (non-hydrogen) atoms. The Kier molecular flexibility index (Phi) is 4.43. The zero-order valence-corrected chi connectivity index (χ0v) is 10.7. The summed E-state index contributed by atoms with van der Waals surface area (Å²) >= 11 is 0. The van der Waals surface area contributed by atoms with Gasteiger partial charge in [0.05, 0.1) is 12.8 Å². The molecule has 1 N–H and O–H groups in total. The van der Waals surface area contributed by atoms with E-state index in [2.05, 4.69) is 14.7 Å². The minimum atomic E-state index is -0.553. The van der Waals surface area contributed by atoms with Crippen LogP contribution in [0.1, 0.15) is 42.6 Å². The van der Waals surface area contributed by atoms with Gasteiger partial charge in [0.25, 0.3) is 5.56 Å². The molecule has 0 fully saturated rings. The van der Waals surface area contributed by atoms with Gasteiger partial charge in [-0.3, -0.25) is 4.79 Å². The van der Waals surface area contributed by atoms with E-state index in [1.165, 1.54) is 7.11 Å². The van der Waals surface area contributed by atoms with Crippen molar-refractivity contribution in [2.75, 3.05) is 7.11 Å². The molecule has 0 saturated heterocycles. The van der Waals surface area contributed by atoms with Crippen LogP contribution in [0.25, 0.3) is 0 Å². The normalized spacial score (nSPS) is 10.6. The summed E-state index contributed by atoms with van der Waals surface area (Å²) in [7, 11) is 1.28. The van der Waals surface area contributed by atoms with Crippen molar-refractivity contribution < 1.29 is 9.53 Å². The van der Waals surface area contributed by atoms with Gasteiger partial charge in [0.15, 0.2) is 0 Å². The molecule has 0 aromatic carbocycles. The first-order valence-corrected chi connectivity index (χ1v) is 5.69. The molecule has 94 valence electrons. The van der Waals surface area contributed by atoms with E-state index in [-0.39, 0.29) is 11.3 Å². The monoisotopic (exact) mass is 238 g/mol. The molecule has 1 rings (SSSR count). The minimum Gasteiger partial charge on any atom is -0.464 e. The standard InChI is InChI=1S/C12H18N2O3/c1-5-8-10(12(16)17-4)14-11(15)9(13-8)6-7(2)3/h7H,5-6H2,1-4H3,(H,14,15). The van der Waals surface area contributed by atoms with E-state index in [0.29, 0.717) is 30.1 Å². The molecule has 1 aromatic heterocycles. The quantitative estimate of drug-likeness (QED) is 0.803. The Hall–Kier alpha value is -1.65. The average molecular weight is 238 g/mol. The Bertz CT molecular complexity index is 463. The SMILES string of the molecule is CCc1nc(CC(C)C)c(=O)[nH]c1C(=O)OC. The van der Waals surface area contributed by atoms with Gasteiger partial charge in [0.1, 0.15) is 11.4 Å². The fourth-order valence-corrected chi connectivity index (χ4v) is 1.58. The molecule has 0 spiro atoms. The molecule has 1 heterocycles. The zero-order valence-electron chi connectivity index (χ0n) is 10.7. The number of H-pyrrole nitrogens is 1. The first-order valence-electron chi connectivity index (χ1n) is 5.69. The highest BCUT2D eigenvalue weighted by Crippen LogP contribution is 2.07. The average Bonchev–Trinajstić information content (AvgIpc) is 2.29. The van der Waals surface area contributed by atoms with Crippen LogP contribution in [0.5, 0.6) is 0 Å². The van der Waals surface area contributed by atoms with E-state index in [1.54, 1.807) is 0 Å². The molecule has 5 nitrogen and oxygen atoms in total. The van der Waals surface area contributed by atoms with Gasteiger partial charge in [0.2, 0.25) is 0 Å². The lowest BCUT2D eigenvalue weighted by Gasteiger charge is -2.08. The van der Waals surface area contributed by atoms with Gasteiger partial charge in [-0.05, 0) is 18.8 Å². The smallest absolute Gasteiger partial charge is 0.356 e. The number of carbonyl (C=O) groups is 1. The minimum absolute atomic E-state index is 0.160. The third-order valence-electron chi connectivity index (χ3n) is 2.39. The number of aromatic nitrogens is 2. The predicted octanol–water partition coefficient (Wildman–Crippen LogP) is 1.32. The number of hydrogen-bond acceptors (Lipinski definition) is 4. The highest BCUT2D eigenvalue weighted by molar-refractivity contribution is 5.88. The number of carbonyl (C=O) groups excluding carboxylic acids is 1. The van der Waals surface area contributed by atoms with Crippen LogP contribution < -0.4 is 5.56 Å². The van der Waals surface area contributed by atoms with Gasteiger partial charge >= 0.3 is 5.97 Å². The molecule has 0 saturated carbocycles. The summed E-state index contributed by atoms with van der Waals surface area (Å²) in [6.07, 6.45) is 1.18. The van der Waals surface area contributed by atoms with E-state index >= 15 is 0 Å². The lowest BCUT2D eigenvalue weighted by molar-refractivity contribution is 0.0591. The number of rotatable bonds is 4. The molecule has 0 aliphatic carbocycles. The highest BCUT2D eigenvalue weighted by Gasteiger charge is 2.16. The number of nitrogens with one attached hydrogen (secondary N) is 1. The number of aromatic amines is 1. The molecule has 0 amide bonds. The first kappa shape index (κ1) is 13.4. The topological polar surface area (TPSA) is 72.0 Å². The van der Waals surface area contributed by atoms with Gasteiger partial charge in [0, 0.05) is 0 Å². The lowest BCUT2D eigenvalue weighted by atomic mass is 10.1. The van der Waals surface area contributed by atoms with Gasteiger partial charge in [-0.25, -0.2) is 9.78 Å². The molecule has 0 unspecified atom stereocenters. The summed E-state index contributed by atoms with van der Waals surface area (Å²) in [6.45, 7) is 5.91. The number of ether oxygens (including phenoxy) is 1. The number of esters is 1. The number of methoxy groups -OCH3 is 1. The molecule has 5 heteroatoms. The van der Waals surface area contributed by atoms with Crippen LogP contribution in [-0.4, -0.2) is 23.0 Å². The predicted molar refractivity (Wildman–Crippen MR) is 64.1 cm³/mol. The second kappa shape index (κ2) is 5.61. The lowest BCUT2D eigenvalue weighted by Crippen LogP contribution is -2.24. The summed E-state index contributed by atoms with van der Waals surface area (Å²) in [5.74, 6) is -0.208. The van der Waals surface area contributed by atoms with E-state index in [9.17, 15) is 9.59 Å². The Morgan fingerprint density at radius 2 is 2.06 bits per heavy atom. The molecular weight excluding hydrogens is 220 g/mol. The second-order valence-corrected chi connectivity index (χ2v) is 4.28. The van der Waals surface area contributed by atoms with E-state index in [0.717, 1.165) is 0 Å². The zero-order chi connectivity index (χ0) is 13.0. The maximum atomic E-state index is 11.7. The van der Waals surface area contributed by atoms with Crippen molar-refractivity contribution in [3.8, 4) is 0 Å². The molecule has 1 aromatic rings. The summed E-state index contributed by atoms with van der Waals surface area (Å²) in [5.41, 5.74) is 0.903. The third-order valence-corrected chi connectivity index (χ3v) is 2.39. The van der Waals surface area contributed by atoms with Gasteiger partial charge in [-0.2, -0.15) is 0 Å². The molecular formula is C12H18N2O3. The van der Waals surface area contributed by atoms with Crippen molar-refractivity contribution in [1.82, 2.24) is 9.97 Å². The van der Waals surface area contributed by atoms with Crippen LogP contribution in [-0.2, 0) is 17.6 Å². The maximum Gasteiger partial charge on any atom is 0.356 e. The van der Waals surface area contributed by atoms with Crippen molar-refractivity contribution in [3.63, 3.8) is 0 Å². The fraction of sp³-hybridized carbons (Fsp3) is 0.583. The molecule has 0 radical (unpaired) electrons.